The molecule has 0 saturated heterocycles. The molecule has 1 aliphatic heterocycles. The Bertz CT molecular complexity index is 367. The minimum absolute atomic E-state index is 0.0176. The number of carbonyl (C=O) groups is 1. The maximum absolute atomic E-state index is 12.3. The molecule has 2 aliphatic rings. The lowest BCUT2D eigenvalue weighted by atomic mass is 9.80. The van der Waals surface area contributed by atoms with Crippen LogP contribution in [0.25, 0.3) is 0 Å². The third-order valence-corrected chi connectivity index (χ3v) is 5.58. The van der Waals surface area contributed by atoms with Crippen molar-refractivity contribution in [3.8, 4) is 0 Å². The van der Waals surface area contributed by atoms with Crippen LogP contribution in [0.2, 0.25) is 0 Å². The number of nitrogens with zero attached hydrogens (tertiary/aromatic N) is 2. The van der Waals surface area contributed by atoms with E-state index in [2.05, 4.69) is 30.7 Å². The van der Waals surface area contributed by atoms with Crippen LogP contribution < -0.4 is 0 Å². The van der Waals surface area contributed by atoms with Gasteiger partial charge in [-0.3, -0.25) is 4.79 Å². The third-order valence-electron chi connectivity index (χ3n) is 4.43. The summed E-state index contributed by atoms with van der Waals surface area (Å²) in [5, 5.41) is 0.893. The van der Waals surface area contributed by atoms with Gasteiger partial charge < -0.3 is 4.90 Å². The lowest BCUT2D eigenvalue weighted by Crippen LogP contribution is -2.44. The summed E-state index contributed by atoms with van der Waals surface area (Å²) in [4.78, 5) is 18.8. The first kappa shape index (κ1) is 14.9. The second-order valence-electron chi connectivity index (χ2n) is 6.78. The lowest BCUT2D eigenvalue weighted by molar-refractivity contribution is -0.122. The fourth-order valence-electron chi connectivity index (χ4n) is 2.78. The van der Waals surface area contributed by atoms with Gasteiger partial charge in [0.15, 0.2) is 5.17 Å². The highest BCUT2D eigenvalue weighted by atomic mass is 32.2. The summed E-state index contributed by atoms with van der Waals surface area (Å²) in [6.45, 7) is 6.44. The standard InChI is InChI=1S/C15H26N2OS/c1-15(2,3)17(4)14-16-13(18)12(10-19-14)11-8-6-5-7-9-11/h11-12H,5-10H2,1-4H3. The molecule has 0 radical (unpaired) electrons. The van der Waals surface area contributed by atoms with Crippen molar-refractivity contribution >= 4 is 22.8 Å². The number of aliphatic imine (C=N–C) groups is 1. The van der Waals surface area contributed by atoms with Crippen molar-refractivity contribution in [3.63, 3.8) is 0 Å². The van der Waals surface area contributed by atoms with Crippen LogP contribution >= 0.6 is 11.8 Å². The van der Waals surface area contributed by atoms with Gasteiger partial charge in [-0.1, -0.05) is 31.0 Å². The molecule has 0 N–H and O–H groups in total. The van der Waals surface area contributed by atoms with Gasteiger partial charge in [0.2, 0.25) is 0 Å². The van der Waals surface area contributed by atoms with Crippen molar-refractivity contribution in [2.45, 2.75) is 58.4 Å². The highest BCUT2D eigenvalue weighted by Gasteiger charge is 2.34. The Labute approximate surface area is 121 Å². The van der Waals surface area contributed by atoms with Crippen LogP contribution in [0.3, 0.4) is 0 Å². The highest BCUT2D eigenvalue weighted by molar-refractivity contribution is 8.13. The summed E-state index contributed by atoms with van der Waals surface area (Å²) < 4.78 is 0. The van der Waals surface area contributed by atoms with E-state index in [1.807, 2.05) is 7.05 Å². The molecule has 0 aromatic carbocycles. The van der Waals surface area contributed by atoms with E-state index < -0.39 is 0 Å². The number of amides is 1. The second kappa shape index (κ2) is 5.86. The van der Waals surface area contributed by atoms with Gasteiger partial charge in [0.1, 0.15) is 0 Å². The number of hydrogen-bond acceptors (Lipinski definition) is 3. The smallest absolute Gasteiger partial charge is 0.252 e. The maximum Gasteiger partial charge on any atom is 0.252 e. The molecule has 1 saturated carbocycles. The van der Waals surface area contributed by atoms with Crippen LogP contribution in [0, 0.1) is 11.8 Å². The molecule has 1 aliphatic carbocycles. The first-order valence-corrected chi connectivity index (χ1v) is 8.37. The minimum Gasteiger partial charge on any atom is -0.349 e. The van der Waals surface area contributed by atoms with Crippen LogP contribution in [-0.4, -0.2) is 34.3 Å². The molecule has 1 amide bonds. The summed E-state index contributed by atoms with van der Waals surface area (Å²) in [5.74, 6) is 1.79. The van der Waals surface area contributed by atoms with Crippen molar-refractivity contribution in [1.82, 2.24) is 4.90 Å². The van der Waals surface area contributed by atoms with E-state index in [1.54, 1.807) is 11.8 Å². The number of hydrogen-bond donors (Lipinski definition) is 0. The van der Waals surface area contributed by atoms with Crippen LogP contribution in [0.4, 0.5) is 0 Å². The molecule has 1 unspecified atom stereocenters. The molecule has 0 aromatic rings. The number of rotatable bonds is 1. The SMILES string of the molecule is CN(C1=NC(=O)C(C2CCCCC2)CS1)C(C)(C)C. The molecule has 19 heavy (non-hydrogen) atoms. The largest absolute Gasteiger partial charge is 0.349 e. The fraction of sp³-hybridized carbons (Fsp3) is 0.867. The molecule has 108 valence electrons. The van der Waals surface area contributed by atoms with E-state index in [-0.39, 0.29) is 17.4 Å². The minimum atomic E-state index is 0.0176. The average molecular weight is 282 g/mol. The molecule has 1 heterocycles. The van der Waals surface area contributed by atoms with Crippen LogP contribution in [0.15, 0.2) is 4.99 Å². The Balaban J connectivity index is 2.04. The van der Waals surface area contributed by atoms with Crippen LogP contribution in [-0.2, 0) is 4.79 Å². The molecule has 3 nitrogen and oxygen atoms in total. The van der Waals surface area contributed by atoms with Gasteiger partial charge in [0.05, 0.1) is 5.92 Å². The van der Waals surface area contributed by atoms with Crippen molar-refractivity contribution in [2.75, 3.05) is 12.8 Å². The topological polar surface area (TPSA) is 32.7 Å². The maximum atomic E-state index is 12.3. The molecule has 0 aromatic heterocycles. The Morgan fingerprint density at radius 2 is 1.84 bits per heavy atom. The quantitative estimate of drug-likeness (QED) is 0.737. The zero-order valence-electron chi connectivity index (χ0n) is 12.6. The van der Waals surface area contributed by atoms with Crippen molar-refractivity contribution in [3.05, 3.63) is 0 Å². The van der Waals surface area contributed by atoms with E-state index in [0.29, 0.717) is 5.92 Å². The van der Waals surface area contributed by atoms with Gasteiger partial charge in [-0.2, -0.15) is 4.99 Å². The van der Waals surface area contributed by atoms with E-state index >= 15 is 0 Å². The molecule has 4 heteroatoms. The molecular weight excluding hydrogens is 256 g/mol. The van der Waals surface area contributed by atoms with Gasteiger partial charge in [0, 0.05) is 18.3 Å². The highest BCUT2D eigenvalue weighted by Crippen LogP contribution is 2.35. The van der Waals surface area contributed by atoms with Gasteiger partial charge in [-0.15, -0.1) is 0 Å². The summed E-state index contributed by atoms with van der Waals surface area (Å²) >= 11 is 1.76. The summed E-state index contributed by atoms with van der Waals surface area (Å²) in [5.41, 5.74) is 0.0176. The molecule has 0 bridgehead atoms. The van der Waals surface area contributed by atoms with E-state index in [4.69, 9.17) is 0 Å². The molecule has 1 atom stereocenters. The first-order valence-electron chi connectivity index (χ1n) is 7.39. The number of amidine groups is 1. The van der Waals surface area contributed by atoms with Crippen LogP contribution in [0.1, 0.15) is 52.9 Å². The number of carbonyl (C=O) groups excluding carboxylic acids is 1. The Morgan fingerprint density at radius 1 is 1.21 bits per heavy atom. The van der Waals surface area contributed by atoms with Gasteiger partial charge >= 0.3 is 0 Å². The normalized spacial score (nSPS) is 26.2. The Morgan fingerprint density at radius 3 is 2.37 bits per heavy atom. The monoisotopic (exact) mass is 282 g/mol. The third kappa shape index (κ3) is 3.53. The Hall–Kier alpha value is -0.510. The van der Waals surface area contributed by atoms with Crippen molar-refractivity contribution in [2.24, 2.45) is 16.8 Å². The molecule has 2 rings (SSSR count). The lowest BCUT2D eigenvalue weighted by Gasteiger charge is -2.37. The molecular formula is C15H26N2OS. The van der Waals surface area contributed by atoms with Crippen LogP contribution in [0.5, 0.6) is 0 Å². The predicted octanol–water partition coefficient (Wildman–Crippen LogP) is 3.54. The van der Waals surface area contributed by atoms with Gasteiger partial charge in [0.25, 0.3) is 5.91 Å². The molecule has 1 fully saturated rings. The van der Waals surface area contributed by atoms with Gasteiger partial charge in [-0.25, -0.2) is 0 Å². The van der Waals surface area contributed by atoms with E-state index in [0.717, 1.165) is 10.9 Å². The Kier molecular flexibility index (Phi) is 4.59. The fourth-order valence-corrected chi connectivity index (χ4v) is 4.14. The first-order chi connectivity index (χ1) is 8.89. The summed E-state index contributed by atoms with van der Waals surface area (Å²) in [7, 11) is 2.03. The second-order valence-corrected chi connectivity index (χ2v) is 7.77. The van der Waals surface area contributed by atoms with E-state index in [1.165, 1.54) is 32.1 Å². The zero-order chi connectivity index (χ0) is 14.0. The number of thioether (sulfide) groups is 1. The summed E-state index contributed by atoms with van der Waals surface area (Å²) in [6, 6.07) is 0. The zero-order valence-corrected chi connectivity index (χ0v) is 13.4. The predicted molar refractivity (Wildman–Crippen MR) is 82.5 cm³/mol. The van der Waals surface area contributed by atoms with Gasteiger partial charge in [-0.05, 0) is 39.5 Å². The average Bonchev–Trinajstić information content (AvgIpc) is 2.37. The van der Waals surface area contributed by atoms with E-state index in [9.17, 15) is 4.79 Å². The molecule has 0 spiro atoms. The summed E-state index contributed by atoms with van der Waals surface area (Å²) in [6.07, 6.45) is 6.36. The van der Waals surface area contributed by atoms with Crippen molar-refractivity contribution in [1.29, 1.82) is 0 Å². The van der Waals surface area contributed by atoms with Crippen molar-refractivity contribution < 1.29 is 4.79 Å².